The first-order chi connectivity index (χ1) is 8.25. The standard InChI is InChI=1S/C13H8BrFN2/c14-13-16-11-7-6-9(15)8-12(11)17(13)10-4-2-1-3-5-10/h1-8H. The molecule has 17 heavy (non-hydrogen) atoms. The van der Waals surface area contributed by atoms with E-state index in [1.165, 1.54) is 12.1 Å². The molecule has 3 aromatic rings. The molecule has 0 N–H and O–H groups in total. The third-order valence-corrected chi connectivity index (χ3v) is 3.12. The van der Waals surface area contributed by atoms with Gasteiger partial charge in [0, 0.05) is 11.8 Å². The third kappa shape index (κ3) is 1.74. The fourth-order valence-electron chi connectivity index (χ4n) is 1.84. The minimum Gasteiger partial charge on any atom is -0.287 e. The highest BCUT2D eigenvalue weighted by Crippen LogP contribution is 2.25. The predicted octanol–water partition coefficient (Wildman–Crippen LogP) is 3.93. The van der Waals surface area contributed by atoms with Gasteiger partial charge >= 0.3 is 0 Å². The summed E-state index contributed by atoms with van der Waals surface area (Å²) in [5, 5.41) is 0. The van der Waals surface area contributed by atoms with Gasteiger partial charge in [-0.3, -0.25) is 4.57 Å². The number of imidazole rings is 1. The van der Waals surface area contributed by atoms with Crippen molar-refractivity contribution in [3.63, 3.8) is 0 Å². The second kappa shape index (κ2) is 3.96. The van der Waals surface area contributed by atoms with Crippen LogP contribution < -0.4 is 0 Å². The maximum absolute atomic E-state index is 13.3. The van der Waals surface area contributed by atoms with Crippen molar-refractivity contribution in [2.45, 2.75) is 0 Å². The van der Waals surface area contributed by atoms with Crippen molar-refractivity contribution in [2.75, 3.05) is 0 Å². The lowest BCUT2D eigenvalue weighted by atomic mass is 10.3. The SMILES string of the molecule is Fc1ccc2nc(Br)n(-c3ccccc3)c2c1. The molecule has 0 atom stereocenters. The first-order valence-electron chi connectivity index (χ1n) is 5.14. The van der Waals surface area contributed by atoms with Gasteiger partial charge in [-0.25, -0.2) is 9.37 Å². The van der Waals surface area contributed by atoms with Crippen LogP contribution in [-0.4, -0.2) is 9.55 Å². The fourth-order valence-corrected chi connectivity index (χ4v) is 2.43. The summed E-state index contributed by atoms with van der Waals surface area (Å²) in [6.07, 6.45) is 0. The van der Waals surface area contributed by atoms with Gasteiger partial charge in [-0.15, -0.1) is 0 Å². The molecule has 0 amide bonds. The number of nitrogens with zero attached hydrogens (tertiary/aromatic N) is 2. The highest BCUT2D eigenvalue weighted by Gasteiger charge is 2.10. The van der Waals surface area contributed by atoms with E-state index in [0.29, 0.717) is 4.73 Å². The first-order valence-corrected chi connectivity index (χ1v) is 5.94. The molecular formula is C13H8BrFN2. The zero-order valence-corrected chi connectivity index (χ0v) is 10.4. The Morgan fingerprint density at radius 2 is 1.82 bits per heavy atom. The largest absolute Gasteiger partial charge is 0.287 e. The van der Waals surface area contributed by atoms with Crippen molar-refractivity contribution in [3.05, 3.63) is 59.1 Å². The van der Waals surface area contributed by atoms with Gasteiger partial charge in [0.1, 0.15) is 5.82 Å². The maximum atomic E-state index is 13.3. The smallest absolute Gasteiger partial charge is 0.182 e. The molecule has 0 aliphatic rings. The van der Waals surface area contributed by atoms with Crippen LogP contribution in [-0.2, 0) is 0 Å². The van der Waals surface area contributed by atoms with Crippen LogP contribution in [0, 0.1) is 5.82 Å². The molecule has 0 saturated heterocycles. The number of para-hydroxylation sites is 1. The second-order valence-electron chi connectivity index (χ2n) is 3.68. The number of benzene rings is 2. The lowest BCUT2D eigenvalue weighted by Crippen LogP contribution is -1.93. The van der Waals surface area contributed by atoms with Crippen LogP contribution in [0.4, 0.5) is 4.39 Å². The van der Waals surface area contributed by atoms with E-state index in [4.69, 9.17) is 0 Å². The second-order valence-corrected chi connectivity index (χ2v) is 4.39. The fraction of sp³-hybridized carbons (Fsp3) is 0. The summed E-state index contributed by atoms with van der Waals surface area (Å²) in [4.78, 5) is 4.34. The van der Waals surface area contributed by atoms with Crippen LogP contribution in [0.5, 0.6) is 0 Å². The summed E-state index contributed by atoms with van der Waals surface area (Å²) < 4.78 is 15.8. The number of hydrogen-bond acceptors (Lipinski definition) is 1. The van der Waals surface area contributed by atoms with Crippen LogP contribution in [0.15, 0.2) is 53.3 Å². The van der Waals surface area contributed by atoms with Gasteiger partial charge in [-0.2, -0.15) is 0 Å². The highest BCUT2D eigenvalue weighted by molar-refractivity contribution is 9.10. The minimum absolute atomic E-state index is 0.262. The van der Waals surface area contributed by atoms with E-state index in [1.807, 2.05) is 34.9 Å². The molecule has 1 heterocycles. The Kier molecular flexibility index (Phi) is 2.44. The number of rotatable bonds is 1. The molecule has 1 aromatic heterocycles. The van der Waals surface area contributed by atoms with Crippen molar-refractivity contribution >= 4 is 27.0 Å². The molecule has 2 aromatic carbocycles. The molecule has 0 radical (unpaired) electrons. The van der Waals surface area contributed by atoms with Crippen LogP contribution >= 0.6 is 15.9 Å². The maximum Gasteiger partial charge on any atom is 0.182 e. The summed E-state index contributed by atoms with van der Waals surface area (Å²) in [5.74, 6) is -0.262. The lowest BCUT2D eigenvalue weighted by Gasteiger charge is -2.05. The number of aromatic nitrogens is 2. The predicted molar refractivity (Wildman–Crippen MR) is 68.7 cm³/mol. The molecule has 2 nitrogen and oxygen atoms in total. The van der Waals surface area contributed by atoms with Crippen molar-refractivity contribution < 1.29 is 4.39 Å². The summed E-state index contributed by atoms with van der Waals surface area (Å²) in [5.41, 5.74) is 2.47. The monoisotopic (exact) mass is 290 g/mol. The number of hydrogen-bond donors (Lipinski definition) is 0. The Morgan fingerprint density at radius 3 is 2.59 bits per heavy atom. The Hall–Kier alpha value is -1.68. The lowest BCUT2D eigenvalue weighted by molar-refractivity contribution is 0.629. The summed E-state index contributed by atoms with van der Waals surface area (Å²) >= 11 is 3.40. The van der Waals surface area contributed by atoms with Gasteiger partial charge in [-0.05, 0) is 40.2 Å². The topological polar surface area (TPSA) is 17.8 Å². The molecule has 0 aliphatic carbocycles. The molecule has 0 fully saturated rings. The van der Waals surface area contributed by atoms with Gasteiger partial charge < -0.3 is 0 Å². The summed E-state index contributed by atoms with van der Waals surface area (Å²) in [6, 6.07) is 14.3. The van der Waals surface area contributed by atoms with E-state index in [-0.39, 0.29) is 5.82 Å². The van der Waals surface area contributed by atoms with Crippen LogP contribution in [0.2, 0.25) is 0 Å². The molecule has 0 unspecified atom stereocenters. The Balaban J connectivity index is 2.35. The van der Waals surface area contributed by atoms with E-state index in [0.717, 1.165) is 16.7 Å². The van der Waals surface area contributed by atoms with Crippen molar-refractivity contribution in [1.29, 1.82) is 0 Å². The average Bonchev–Trinajstić information content (AvgIpc) is 2.65. The van der Waals surface area contributed by atoms with Gasteiger partial charge in [-0.1, -0.05) is 18.2 Å². The molecule has 84 valence electrons. The van der Waals surface area contributed by atoms with Gasteiger partial charge in [0.2, 0.25) is 0 Å². The number of halogens is 2. The van der Waals surface area contributed by atoms with Gasteiger partial charge in [0.25, 0.3) is 0 Å². The molecular weight excluding hydrogens is 283 g/mol. The summed E-state index contributed by atoms with van der Waals surface area (Å²) in [7, 11) is 0. The molecule has 0 bridgehead atoms. The normalized spacial score (nSPS) is 10.9. The first kappa shape index (κ1) is 10.5. The van der Waals surface area contributed by atoms with E-state index in [2.05, 4.69) is 20.9 Å². The molecule has 0 spiro atoms. The van der Waals surface area contributed by atoms with Gasteiger partial charge in [0.15, 0.2) is 4.73 Å². The van der Waals surface area contributed by atoms with Crippen LogP contribution in [0.1, 0.15) is 0 Å². The molecule has 0 saturated carbocycles. The van der Waals surface area contributed by atoms with E-state index in [9.17, 15) is 4.39 Å². The Morgan fingerprint density at radius 1 is 1.06 bits per heavy atom. The van der Waals surface area contributed by atoms with Crippen molar-refractivity contribution in [3.8, 4) is 5.69 Å². The molecule has 0 aliphatic heterocycles. The molecule has 3 rings (SSSR count). The Labute approximate surface area is 106 Å². The van der Waals surface area contributed by atoms with E-state index < -0.39 is 0 Å². The van der Waals surface area contributed by atoms with Crippen LogP contribution in [0.25, 0.3) is 16.7 Å². The van der Waals surface area contributed by atoms with E-state index in [1.54, 1.807) is 6.07 Å². The van der Waals surface area contributed by atoms with Crippen molar-refractivity contribution in [1.82, 2.24) is 9.55 Å². The van der Waals surface area contributed by atoms with Crippen LogP contribution in [0.3, 0.4) is 0 Å². The van der Waals surface area contributed by atoms with Gasteiger partial charge in [0.05, 0.1) is 11.0 Å². The van der Waals surface area contributed by atoms with Crippen molar-refractivity contribution in [2.24, 2.45) is 0 Å². The highest BCUT2D eigenvalue weighted by atomic mass is 79.9. The zero-order chi connectivity index (χ0) is 11.8. The zero-order valence-electron chi connectivity index (χ0n) is 8.77. The summed E-state index contributed by atoms with van der Waals surface area (Å²) in [6.45, 7) is 0. The average molecular weight is 291 g/mol. The Bertz CT molecular complexity index is 676. The number of fused-ring (bicyclic) bond motifs is 1. The van der Waals surface area contributed by atoms with E-state index >= 15 is 0 Å². The quantitative estimate of drug-likeness (QED) is 0.664. The third-order valence-electron chi connectivity index (χ3n) is 2.59. The minimum atomic E-state index is -0.262. The molecule has 4 heteroatoms.